The number of benzene rings is 1. The molecule has 0 amide bonds. The van der Waals surface area contributed by atoms with E-state index in [-0.39, 0.29) is 0 Å². The smallest absolute Gasteiger partial charge is 0.125 e. The van der Waals surface area contributed by atoms with Gasteiger partial charge in [0.25, 0.3) is 0 Å². The first-order valence-corrected chi connectivity index (χ1v) is 5.17. The maximum absolute atomic E-state index is 5.58. The van der Waals surface area contributed by atoms with E-state index < -0.39 is 0 Å². The Morgan fingerprint density at radius 2 is 2.14 bits per heavy atom. The largest absolute Gasteiger partial charge is 0.491 e. The molecule has 0 aromatic heterocycles. The minimum absolute atomic E-state index is 0.482. The van der Waals surface area contributed by atoms with E-state index in [0.717, 1.165) is 15.8 Å². The van der Waals surface area contributed by atoms with Gasteiger partial charge in [0, 0.05) is 23.7 Å². The van der Waals surface area contributed by atoms with Crippen molar-refractivity contribution in [3.63, 3.8) is 0 Å². The molecule has 3 nitrogen and oxygen atoms in total. The van der Waals surface area contributed by atoms with Gasteiger partial charge in [0.2, 0.25) is 0 Å². The Bertz CT molecular complexity index is 291. The Labute approximate surface area is 92.3 Å². The first-order valence-electron chi connectivity index (χ1n) is 4.38. The summed E-state index contributed by atoms with van der Waals surface area (Å²) in [6, 6.07) is 5.81. The van der Waals surface area contributed by atoms with E-state index in [1.165, 1.54) is 0 Å². The molecule has 1 aromatic carbocycles. The number of nitrogens with two attached hydrogens (primary N) is 1. The average Bonchev–Trinajstić information content (AvgIpc) is 2.19. The summed E-state index contributed by atoms with van der Waals surface area (Å²) in [6.45, 7) is 1.60. The highest BCUT2D eigenvalue weighted by molar-refractivity contribution is 9.10. The van der Waals surface area contributed by atoms with E-state index in [1.807, 2.05) is 18.2 Å². The number of hydrogen-bond donors (Lipinski definition) is 1. The SMILES string of the molecule is COCCOc1cc(Br)ccc1CN. The molecular formula is C10H14BrNO2. The van der Waals surface area contributed by atoms with E-state index >= 15 is 0 Å². The zero-order valence-corrected chi connectivity index (χ0v) is 9.71. The van der Waals surface area contributed by atoms with Gasteiger partial charge in [-0.15, -0.1) is 0 Å². The summed E-state index contributed by atoms with van der Waals surface area (Å²) in [6.07, 6.45) is 0. The zero-order valence-electron chi connectivity index (χ0n) is 8.13. The highest BCUT2D eigenvalue weighted by Gasteiger charge is 2.02. The van der Waals surface area contributed by atoms with Crippen LogP contribution in [0.2, 0.25) is 0 Å². The Morgan fingerprint density at radius 1 is 1.36 bits per heavy atom. The molecule has 78 valence electrons. The molecule has 0 atom stereocenters. The van der Waals surface area contributed by atoms with Crippen molar-refractivity contribution in [2.45, 2.75) is 6.54 Å². The monoisotopic (exact) mass is 259 g/mol. The molecule has 0 fully saturated rings. The molecule has 0 heterocycles. The van der Waals surface area contributed by atoms with Crippen LogP contribution in [0.5, 0.6) is 5.75 Å². The molecule has 0 aliphatic rings. The number of methoxy groups -OCH3 is 1. The molecule has 1 rings (SSSR count). The van der Waals surface area contributed by atoms with Crippen LogP contribution in [-0.4, -0.2) is 20.3 Å². The summed E-state index contributed by atoms with van der Waals surface area (Å²) in [7, 11) is 1.65. The number of hydrogen-bond acceptors (Lipinski definition) is 3. The van der Waals surface area contributed by atoms with Crippen molar-refractivity contribution >= 4 is 15.9 Å². The normalized spacial score (nSPS) is 10.2. The summed E-state index contributed by atoms with van der Waals surface area (Å²) in [4.78, 5) is 0. The Balaban J connectivity index is 2.67. The Morgan fingerprint density at radius 3 is 2.79 bits per heavy atom. The highest BCUT2D eigenvalue weighted by atomic mass is 79.9. The lowest BCUT2D eigenvalue weighted by atomic mass is 10.2. The van der Waals surface area contributed by atoms with Gasteiger partial charge in [-0.3, -0.25) is 0 Å². The fraction of sp³-hybridized carbons (Fsp3) is 0.400. The number of halogens is 1. The van der Waals surface area contributed by atoms with Crippen molar-refractivity contribution in [1.29, 1.82) is 0 Å². The second kappa shape index (κ2) is 6.01. The zero-order chi connectivity index (χ0) is 10.4. The highest BCUT2D eigenvalue weighted by Crippen LogP contribution is 2.23. The molecule has 0 saturated heterocycles. The second-order valence-corrected chi connectivity index (χ2v) is 3.71. The van der Waals surface area contributed by atoms with Crippen molar-refractivity contribution in [3.8, 4) is 5.75 Å². The van der Waals surface area contributed by atoms with E-state index in [0.29, 0.717) is 19.8 Å². The minimum Gasteiger partial charge on any atom is -0.491 e. The molecule has 1 aromatic rings. The van der Waals surface area contributed by atoms with Gasteiger partial charge in [0.05, 0.1) is 6.61 Å². The van der Waals surface area contributed by atoms with E-state index in [9.17, 15) is 0 Å². The van der Waals surface area contributed by atoms with Crippen LogP contribution >= 0.6 is 15.9 Å². The lowest BCUT2D eigenvalue weighted by Gasteiger charge is -2.10. The molecule has 0 aliphatic carbocycles. The molecule has 0 radical (unpaired) electrons. The Hall–Kier alpha value is -0.580. The van der Waals surface area contributed by atoms with Gasteiger partial charge in [-0.05, 0) is 12.1 Å². The third kappa shape index (κ3) is 3.29. The van der Waals surface area contributed by atoms with Crippen molar-refractivity contribution < 1.29 is 9.47 Å². The molecule has 0 bridgehead atoms. The number of rotatable bonds is 5. The second-order valence-electron chi connectivity index (χ2n) is 2.80. The molecule has 2 N–H and O–H groups in total. The first kappa shape index (κ1) is 11.5. The molecule has 14 heavy (non-hydrogen) atoms. The van der Waals surface area contributed by atoms with Gasteiger partial charge in [-0.25, -0.2) is 0 Å². The van der Waals surface area contributed by atoms with Gasteiger partial charge >= 0.3 is 0 Å². The predicted molar refractivity (Wildman–Crippen MR) is 59.4 cm³/mol. The number of ether oxygens (including phenoxy) is 2. The van der Waals surface area contributed by atoms with Gasteiger partial charge in [-0.1, -0.05) is 22.0 Å². The van der Waals surface area contributed by atoms with E-state index in [2.05, 4.69) is 15.9 Å². The van der Waals surface area contributed by atoms with E-state index in [4.69, 9.17) is 15.2 Å². The van der Waals surface area contributed by atoms with Crippen LogP contribution in [0, 0.1) is 0 Å². The summed E-state index contributed by atoms with van der Waals surface area (Å²) < 4.78 is 11.4. The van der Waals surface area contributed by atoms with Crippen LogP contribution < -0.4 is 10.5 Å². The Kier molecular flexibility index (Phi) is 4.93. The summed E-state index contributed by atoms with van der Waals surface area (Å²) >= 11 is 3.38. The van der Waals surface area contributed by atoms with E-state index in [1.54, 1.807) is 7.11 Å². The summed E-state index contributed by atoms with van der Waals surface area (Å²) in [5.41, 5.74) is 6.58. The molecule has 0 aliphatic heterocycles. The lowest BCUT2D eigenvalue weighted by Crippen LogP contribution is -2.07. The summed E-state index contributed by atoms with van der Waals surface area (Å²) in [5, 5.41) is 0. The standard InChI is InChI=1S/C10H14BrNO2/c1-13-4-5-14-10-6-9(11)3-2-8(10)7-12/h2-3,6H,4-5,7,12H2,1H3. The molecular weight excluding hydrogens is 246 g/mol. The van der Waals surface area contributed by atoms with Crippen LogP contribution in [0.4, 0.5) is 0 Å². The van der Waals surface area contributed by atoms with Gasteiger partial charge in [0.15, 0.2) is 0 Å². The van der Waals surface area contributed by atoms with Crippen LogP contribution in [0.25, 0.3) is 0 Å². The van der Waals surface area contributed by atoms with Crippen molar-refractivity contribution in [3.05, 3.63) is 28.2 Å². The topological polar surface area (TPSA) is 44.5 Å². The van der Waals surface area contributed by atoms with Crippen LogP contribution in [0.15, 0.2) is 22.7 Å². The maximum atomic E-state index is 5.58. The molecule has 0 unspecified atom stereocenters. The third-order valence-electron chi connectivity index (χ3n) is 1.79. The van der Waals surface area contributed by atoms with Crippen LogP contribution in [0.3, 0.4) is 0 Å². The fourth-order valence-electron chi connectivity index (χ4n) is 1.07. The lowest BCUT2D eigenvalue weighted by molar-refractivity contribution is 0.145. The fourth-order valence-corrected chi connectivity index (χ4v) is 1.41. The maximum Gasteiger partial charge on any atom is 0.125 e. The van der Waals surface area contributed by atoms with Gasteiger partial charge < -0.3 is 15.2 Å². The van der Waals surface area contributed by atoms with Gasteiger partial charge in [-0.2, -0.15) is 0 Å². The van der Waals surface area contributed by atoms with Gasteiger partial charge in [0.1, 0.15) is 12.4 Å². The van der Waals surface area contributed by atoms with Crippen molar-refractivity contribution in [2.24, 2.45) is 5.73 Å². The molecule has 0 spiro atoms. The molecule has 4 heteroatoms. The van der Waals surface area contributed by atoms with Crippen molar-refractivity contribution in [1.82, 2.24) is 0 Å². The summed E-state index contributed by atoms with van der Waals surface area (Å²) in [5.74, 6) is 0.818. The average molecular weight is 260 g/mol. The molecule has 0 saturated carbocycles. The predicted octanol–water partition coefficient (Wildman–Crippen LogP) is 1.93. The quantitative estimate of drug-likeness (QED) is 0.823. The first-order chi connectivity index (χ1) is 6.77. The minimum atomic E-state index is 0.482. The third-order valence-corrected chi connectivity index (χ3v) is 2.29. The van der Waals surface area contributed by atoms with Crippen LogP contribution in [0.1, 0.15) is 5.56 Å². The van der Waals surface area contributed by atoms with Crippen LogP contribution in [-0.2, 0) is 11.3 Å². The van der Waals surface area contributed by atoms with Crippen molar-refractivity contribution in [2.75, 3.05) is 20.3 Å².